The molecule has 0 aliphatic rings. The van der Waals surface area contributed by atoms with Gasteiger partial charge < -0.3 is 20.6 Å². The van der Waals surface area contributed by atoms with Gasteiger partial charge >= 0.3 is 0 Å². The van der Waals surface area contributed by atoms with Crippen molar-refractivity contribution in [2.24, 2.45) is 0 Å². The highest BCUT2D eigenvalue weighted by atomic mass is 16.3. The van der Waals surface area contributed by atoms with Crippen molar-refractivity contribution >= 4 is 5.91 Å². The fraction of sp³-hybridized carbons (Fsp3) is 0.945. The number of aliphatic hydroxyl groups is 3. The van der Waals surface area contributed by atoms with Crippen LogP contribution in [0.2, 0.25) is 0 Å². The van der Waals surface area contributed by atoms with E-state index in [1.54, 1.807) is 0 Å². The molecule has 0 spiro atoms. The van der Waals surface area contributed by atoms with Gasteiger partial charge in [-0.15, -0.1) is 0 Å². The third-order valence-electron chi connectivity index (χ3n) is 13.1. The Balaban J connectivity index is 3.53. The molecule has 1 amide bonds. The minimum atomic E-state index is -1.14. The van der Waals surface area contributed by atoms with E-state index in [0.717, 1.165) is 32.1 Å². The molecule has 0 fully saturated rings. The van der Waals surface area contributed by atoms with Crippen molar-refractivity contribution in [1.29, 1.82) is 0 Å². The number of aliphatic hydroxyl groups excluding tert-OH is 3. The fourth-order valence-corrected chi connectivity index (χ4v) is 8.87. The maximum absolute atomic E-state index is 12.5. The van der Waals surface area contributed by atoms with Crippen LogP contribution < -0.4 is 5.32 Å². The first-order valence-corrected chi connectivity index (χ1v) is 27.5. The first kappa shape index (κ1) is 59.1. The molecule has 5 nitrogen and oxygen atoms in total. The summed E-state index contributed by atoms with van der Waals surface area (Å²) in [5.74, 6) is -0.143. The summed E-state index contributed by atoms with van der Waals surface area (Å²) >= 11 is 0. The number of unbranched alkanes of at least 4 members (excludes halogenated alkanes) is 41. The summed E-state index contributed by atoms with van der Waals surface area (Å²) in [6.45, 7) is 4.22. The lowest BCUT2D eigenvalue weighted by Crippen LogP contribution is -2.50. The molecule has 0 aliphatic heterocycles. The van der Waals surface area contributed by atoms with Crippen LogP contribution in [0.25, 0.3) is 0 Å². The Bertz CT molecular complexity index is 848. The number of hydrogen-bond donors (Lipinski definition) is 4. The predicted octanol–water partition coefficient (Wildman–Crippen LogP) is 16.7. The molecule has 0 radical (unpaired) electrons. The first-order valence-electron chi connectivity index (χ1n) is 27.5. The molecule has 3 unspecified atom stereocenters. The lowest BCUT2D eigenvalue weighted by molar-refractivity contribution is -0.124. The van der Waals surface area contributed by atoms with E-state index in [9.17, 15) is 20.1 Å². The molecule has 0 rings (SSSR count). The van der Waals surface area contributed by atoms with E-state index in [1.807, 2.05) is 0 Å². The van der Waals surface area contributed by atoms with Crippen LogP contribution in [0.15, 0.2) is 12.2 Å². The molecule has 0 saturated carbocycles. The largest absolute Gasteiger partial charge is 0.394 e. The van der Waals surface area contributed by atoms with Gasteiger partial charge in [-0.05, 0) is 38.5 Å². The Morgan fingerprint density at radius 3 is 0.967 bits per heavy atom. The maximum atomic E-state index is 12.5. The highest BCUT2D eigenvalue weighted by Gasteiger charge is 2.26. The Labute approximate surface area is 376 Å². The summed E-state index contributed by atoms with van der Waals surface area (Å²) in [5, 5.41) is 33.8. The van der Waals surface area contributed by atoms with Crippen molar-refractivity contribution in [2.45, 2.75) is 327 Å². The van der Waals surface area contributed by atoms with Gasteiger partial charge in [0.15, 0.2) is 0 Å². The molecular weight excluding hydrogens is 739 g/mol. The number of carbonyl (C=O) groups is 1. The van der Waals surface area contributed by atoms with E-state index in [0.29, 0.717) is 12.8 Å². The number of amides is 1. The minimum absolute atomic E-state index is 0.143. The molecule has 3 atom stereocenters. The van der Waals surface area contributed by atoms with Crippen molar-refractivity contribution in [3.8, 4) is 0 Å². The highest BCUT2D eigenvalue weighted by molar-refractivity contribution is 5.76. The Morgan fingerprint density at radius 2 is 0.667 bits per heavy atom. The summed E-state index contributed by atoms with van der Waals surface area (Å²) in [6.07, 6.45) is 62.1. The molecule has 0 aliphatic carbocycles. The molecule has 0 aromatic rings. The van der Waals surface area contributed by atoms with E-state index in [-0.39, 0.29) is 12.5 Å². The second kappa shape index (κ2) is 50.7. The highest BCUT2D eigenvalue weighted by Crippen LogP contribution is 2.18. The lowest BCUT2D eigenvalue weighted by atomic mass is 9.99. The van der Waals surface area contributed by atoms with Gasteiger partial charge in [0.1, 0.15) is 6.10 Å². The molecule has 4 N–H and O–H groups in total. The molecule has 358 valence electrons. The number of allylic oxidation sites excluding steroid dienone is 2. The van der Waals surface area contributed by atoms with Gasteiger partial charge in [-0.1, -0.05) is 276 Å². The topological polar surface area (TPSA) is 89.8 Å². The number of hydrogen-bond acceptors (Lipinski definition) is 4. The SMILES string of the molecule is CCCCCCCCCCCCC/C=C\CCCCCCCCCC(=O)NC(CO)C(O)C(O)CCCCCCCCCCCCCCCCCCCCCCCCCC. The van der Waals surface area contributed by atoms with Gasteiger partial charge in [0.25, 0.3) is 0 Å². The van der Waals surface area contributed by atoms with Gasteiger partial charge in [0.05, 0.1) is 18.8 Å². The van der Waals surface area contributed by atoms with Crippen LogP contribution in [-0.2, 0) is 4.79 Å². The van der Waals surface area contributed by atoms with Crippen LogP contribution in [0, 0.1) is 0 Å². The van der Waals surface area contributed by atoms with Gasteiger partial charge in [-0.25, -0.2) is 0 Å². The standard InChI is InChI=1S/C55H109NO4/c1-3-5-7-9-11-13-15-17-19-21-23-25-27-28-29-31-33-35-37-39-41-43-45-47-49-53(58)55(60)52(51-57)56-54(59)50-48-46-44-42-40-38-36-34-32-30-26-24-22-20-18-16-14-12-10-8-6-4-2/h30,32,52-53,55,57-58,60H,3-29,31,33-51H2,1-2H3,(H,56,59)/b32-30-. The zero-order valence-electron chi connectivity index (χ0n) is 40.9. The smallest absolute Gasteiger partial charge is 0.220 e. The quantitative estimate of drug-likeness (QED) is 0.0363. The van der Waals surface area contributed by atoms with Crippen molar-refractivity contribution in [2.75, 3.05) is 6.61 Å². The van der Waals surface area contributed by atoms with E-state index in [1.165, 1.54) is 250 Å². The summed E-state index contributed by atoms with van der Waals surface area (Å²) in [4.78, 5) is 12.5. The van der Waals surface area contributed by atoms with Crippen LogP contribution in [-0.4, -0.2) is 46.1 Å². The average Bonchev–Trinajstić information content (AvgIpc) is 3.25. The molecule has 5 heteroatoms. The molecule has 0 saturated heterocycles. The zero-order chi connectivity index (χ0) is 43.7. The summed E-state index contributed by atoms with van der Waals surface area (Å²) < 4.78 is 0. The van der Waals surface area contributed by atoms with E-state index >= 15 is 0 Å². The second-order valence-corrected chi connectivity index (χ2v) is 19.1. The molecular formula is C55H109NO4. The van der Waals surface area contributed by atoms with Gasteiger partial charge in [0.2, 0.25) is 5.91 Å². The monoisotopic (exact) mass is 848 g/mol. The third-order valence-corrected chi connectivity index (χ3v) is 13.1. The predicted molar refractivity (Wildman–Crippen MR) is 264 cm³/mol. The van der Waals surface area contributed by atoms with Gasteiger partial charge in [-0.2, -0.15) is 0 Å². The van der Waals surface area contributed by atoms with Gasteiger partial charge in [-0.3, -0.25) is 4.79 Å². The summed E-state index contributed by atoms with van der Waals surface area (Å²) in [6, 6.07) is -0.810. The summed E-state index contributed by atoms with van der Waals surface area (Å²) in [7, 11) is 0. The van der Waals surface area contributed by atoms with Crippen LogP contribution in [0.5, 0.6) is 0 Å². The van der Waals surface area contributed by atoms with Crippen LogP contribution >= 0.6 is 0 Å². The van der Waals surface area contributed by atoms with Crippen molar-refractivity contribution in [3.05, 3.63) is 12.2 Å². The molecule has 0 heterocycles. The van der Waals surface area contributed by atoms with Gasteiger partial charge in [0, 0.05) is 6.42 Å². The van der Waals surface area contributed by atoms with Crippen molar-refractivity contribution in [3.63, 3.8) is 0 Å². The average molecular weight is 848 g/mol. The van der Waals surface area contributed by atoms with Crippen LogP contribution in [0.1, 0.15) is 309 Å². The maximum Gasteiger partial charge on any atom is 0.220 e. The van der Waals surface area contributed by atoms with Crippen molar-refractivity contribution < 1.29 is 20.1 Å². The molecule has 0 aromatic heterocycles. The fourth-order valence-electron chi connectivity index (χ4n) is 8.87. The Kier molecular flexibility index (Phi) is 50.0. The summed E-state index contributed by atoms with van der Waals surface area (Å²) in [5.41, 5.74) is 0. The number of rotatable bonds is 51. The Morgan fingerprint density at radius 1 is 0.400 bits per heavy atom. The minimum Gasteiger partial charge on any atom is -0.394 e. The van der Waals surface area contributed by atoms with E-state index in [2.05, 4.69) is 31.3 Å². The van der Waals surface area contributed by atoms with Crippen LogP contribution in [0.3, 0.4) is 0 Å². The van der Waals surface area contributed by atoms with Crippen molar-refractivity contribution in [1.82, 2.24) is 5.32 Å². The molecule has 0 aromatic carbocycles. The first-order chi connectivity index (χ1) is 29.6. The lowest BCUT2D eigenvalue weighted by Gasteiger charge is -2.26. The molecule has 60 heavy (non-hydrogen) atoms. The van der Waals surface area contributed by atoms with Crippen LogP contribution in [0.4, 0.5) is 0 Å². The number of nitrogens with one attached hydrogen (secondary N) is 1. The second-order valence-electron chi connectivity index (χ2n) is 19.1. The van der Waals surface area contributed by atoms with E-state index in [4.69, 9.17) is 0 Å². The normalized spacial score (nSPS) is 13.3. The Hall–Kier alpha value is -0.910. The van der Waals surface area contributed by atoms with E-state index < -0.39 is 18.2 Å². The number of carbonyl (C=O) groups excluding carboxylic acids is 1. The molecule has 0 bridgehead atoms. The zero-order valence-corrected chi connectivity index (χ0v) is 40.9. The third kappa shape index (κ3) is 45.1.